The summed E-state index contributed by atoms with van der Waals surface area (Å²) in [6, 6.07) is 0. The minimum absolute atomic E-state index is 0. The smallest absolute Gasteiger partial charge is 1.00 e. The van der Waals surface area contributed by atoms with Crippen LogP contribution in [0.2, 0.25) is 0 Å². The maximum Gasteiger partial charge on any atom is 1.00 e. The van der Waals surface area contributed by atoms with Crippen LogP contribution in [0.25, 0.3) is 0 Å². The van der Waals surface area contributed by atoms with E-state index in [2.05, 4.69) is 0 Å². The van der Waals surface area contributed by atoms with Gasteiger partial charge in [-0.25, -0.2) is 4.79 Å². The number of carboxylic acid groups (broad SMARTS) is 1. The van der Waals surface area contributed by atoms with Gasteiger partial charge in [-0.15, -0.1) is 0 Å². The predicted octanol–water partition coefficient (Wildman–Crippen LogP) is 0.926. The zero-order valence-electron chi connectivity index (χ0n) is 11.3. The molecule has 0 spiro atoms. The van der Waals surface area contributed by atoms with Crippen LogP contribution >= 0.6 is 0 Å². The van der Waals surface area contributed by atoms with Crippen molar-refractivity contribution in [3.05, 3.63) is 0 Å². The van der Waals surface area contributed by atoms with Gasteiger partial charge >= 0.3 is 60.6 Å². The standard InChI is InChI=1S/C7HF13O2.Li.H/c8-2(9,1(21)22)3(10,11)4(12,13)5(14,15)6(16,17)7(18,19)20;;/h(H,21,22);;/q;+1;-1. The van der Waals surface area contributed by atoms with Crippen LogP contribution in [0.15, 0.2) is 0 Å². The molecule has 134 valence electrons. The second-order valence-electron chi connectivity index (χ2n) is 3.67. The van der Waals surface area contributed by atoms with Crippen molar-refractivity contribution in [2.24, 2.45) is 0 Å². The largest absolute Gasteiger partial charge is 1.00 e. The number of carbonyl (C=O) groups is 1. The van der Waals surface area contributed by atoms with Crippen LogP contribution in [-0.4, -0.2) is 46.9 Å². The molecule has 0 aliphatic heterocycles. The van der Waals surface area contributed by atoms with E-state index in [-0.39, 0.29) is 20.3 Å². The first-order chi connectivity index (χ1) is 9.19. The monoisotopic (exact) mass is 372 g/mol. The molecule has 0 heterocycles. The van der Waals surface area contributed by atoms with E-state index in [1.165, 1.54) is 0 Å². The van der Waals surface area contributed by atoms with Gasteiger partial charge in [-0.05, 0) is 0 Å². The minimum Gasteiger partial charge on any atom is -1.00 e. The minimum atomic E-state index is -8.08. The molecular formula is C7H2F13LiO2. The van der Waals surface area contributed by atoms with Crippen molar-refractivity contribution in [3.8, 4) is 0 Å². The fourth-order valence-corrected chi connectivity index (χ4v) is 0.904. The van der Waals surface area contributed by atoms with Crippen molar-refractivity contribution in [2.75, 3.05) is 0 Å². The fourth-order valence-electron chi connectivity index (χ4n) is 0.904. The van der Waals surface area contributed by atoms with Gasteiger partial charge in [-0.2, -0.15) is 57.1 Å². The van der Waals surface area contributed by atoms with Crippen molar-refractivity contribution in [1.82, 2.24) is 0 Å². The molecule has 0 aliphatic rings. The van der Waals surface area contributed by atoms with E-state index in [1.807, 2.05) is 0 Å². The van der Waals surface area contributed by atoms with E-state index in [4.69, 9.17) is 5.11 Å². The van der Waals surface area contributed by atoms with Crippen LogP contribution < -0.4 is 18.9 Å². The number of aliphatic carboxylic acids is 1. The molecule has 1 N–H and O–H groups in total. The van der Waals surface area contributed by atoms with E-state index in [0.29, 0.717) is 0 Å². The number of rotatable bonds is 5. The third kappa shape index (κ3) is 3.09. The Morgan fingerprint density at radius 3 is 1.09 bits per heavy atom. The Kier molecular flexibility index (Phi) is 6.27. The summed E-state index contributed by atoms with van der Waals surface area (Å²) in [6.45, 7) is 0. The fraction of sp³-hybridized carbons (Fsp3) is 0.857. The molecule has 0 aromatic heterocycles. The molecular weight excluding hydrogens is 370 g/mol. The Hall–Kier alpha value is -0.843. The van der Waals surface area contributed by atoms with Crippen molar-refractivity contribution >= 4 is 5.97 Å². The maximum atomic E-state index is 12.6. The van der Waals surface area contributed by atoms with Gasteiger partial charge in [0.1, 0.15) is 0 Å². The summed E-state index contributed by atoms with van der Waals surface area (Å²) in [7, 11) is 0. The average molecular weight is 372 g/mol. The van der Waals surface area contributed by atoms with E-state index >= 15 is 0 Å². The summed E-state index contributed by atoms with van der Waals surface area (Å²) in [4.78, 5) is 9.67. The molecule has 0 unspecified atom stereocenters. The van der Waals surface area contributed by atoms with Gasteiger partial charge < -0.3 is 6.53 Å². The molecule has 0 radical (unpaired) electrons. The zero-order chi connectivity index (χ0) is 18.6. The van der Waals surface area contributed by atoms with Crippen LogP contribution in [0.5, 0.6) is 0 Å². The number of halogens is 13. The first kappa shape index (κ1) is 24.4. The maximum absolute atomic E-state index is 12.6. The van der Waals surface area contributed by atoms with Gasteiger partial charge in [0.25, 0.3) is 0 Å². The molecule has 0 aliphatic carbocycles. The Morgan fingerprint density at radius 1 is 0.609 bits per heavy atom. The Labute approximate surface area is 130 Å². The van der Waals surface area contributed by atoms with Crippen LogP contribution in [0, 0.1) is 0 Å². The molecule has 23 heavy (non-hydrogen) atoms. The van der Waals surface area contributed by atoms with Crippen LogP contribution in [0.1, 0.15) is 1.43 Å². The molecule has 0 saturated carbocycles. The first-order valence-corrected chi connectivity index (χ1v) is 4.38. The van der Waals surface area contributed by atoms with Crippen LogP contribution in [0.3, 0.4) is 0 Å². The van der Waals surface area contributed by atoms with Gasteiger partial charge in [0.05, 0.1) is 0 Å². The summed E-state index contributed by atoms with van der Waals surface area (Å²) >= 11 is 0. The zero-order valence-corrected chi connectivity index (χ0v) is 10.3. The topological polar surface area (TPSA) is 37.3 Å². The summed E-state index contributed by atoms with van der Waals surface area (Å²) in [5.74, 6) is -43.0. The third-order valence-electron chi connectivity index (χ3n) is 2.20. The van der Waals surface area contributed by atoms with E-state index in [9.17, 15) is 61.9 Å². The Morgan fingerprint density at radius 2 is 0.870 bits per heavy atom. The van der Waals surface area contributed by atoms with Crippen LogP contribution in [0.4, 0.5) is 57.1 Å². The number of hydrogen-bond donors (Lipinski definition) is 1. The molecule has 0 aromatic carbocycles. The normalized spacial score (nSPS) is 15.2. The van der Waals surface area contributed by atoms with Gasteiger partial charge in [0.15, 0.2) is 0 Å². The van der Waals surface area contributed by atoms with Crippen molar-refractivity contribution in [1.29, 1.82) is 0 Å². The van der Waals surface area contributed by atoms with Crippen molar-refractivity contribution in [3.63, 3.8) is 0 Å². The summed E-state index contributed by atoms with van der Waals surface area (Å²) in [5.41, 5.74) is 0. The SMILES string of the molecule is O=C(O)C(F)(F)C(F)(F)C(F)(F)C(F)(F)C(F)(F)C(F)(F)F.[H-].[Li+]. The average Bonchev–Trinajstić information content (AvgIpc) is 2.25. The summed E-state index contributed by atoms with van der Waals surface area (Å²) in [6.07, 6.45) is -7.52. The molecule has 0 aromatic rings. The summed E-state index contributed by atoms with van der Waals surface area (Å²) < 4.78 is 159. The Bertz CT molecular complexity index is 460. The molecule has 0 amide bonds. The van der Waals surface area contributed by atoms with Crippen molar-refractivity contribution < 1.29 is 87.3 Å². The molecule has 0 fully saturated rings. The third-order valence-corrected chi connectivity index (χ3v) is 2.20. The van der Waals surface area contributed by atoms with E-state index < -0.39 is 41.8 Å². The number of alkyl halides is 13. The first-order valence-electron chi connectivity index (χ1n) is 4.38. The molecule has 16 heteroatoms. The molecule has 0 rings (SSSR count). The van der Waals surface area contributed by atoms with Gasteiger partial charge in [0.2, 0.25) is 0 Å². The summed E-state index contributed by atoms with van der Waals surface area (Å²) in [5, 5.41) is 7.55. The quantitative estimate of drug-likeness (QED) is 0.576. The van der Waals surface area contributed by atoms with Gasteiger partial charge in [-0.1, -0.05) is 0 Å². The van der Waals surface area contributed by atoms with Crippen molar-refractivity contribution in [2.45, 2.75) is 35.8 Å². The number of carboxylic acids is 1. The second-order valence-corrected chi connectivity index (χ2v) is 3.67. The second kappa shape index (κ2) is 5.90. The predicted molar refractivity (Wildman–Crippen MR) is 39.5 cm³/mol. The van der Waals surface area contributed by atoms with Gasteiger partial charge in [-0.3, -0.25) is 0 Å². The molecule has 0 saturated heterocycles. The van der Waals surface area contributed by atoms with E-state index in [1.54, 1.807) is 0 Å². The molecule has 0 atom stereocenters. The van der Waals surface area contributed by atoms with Gasteiger partial charge in [0, 0.05) is 0 Å². The number of hydrogen-bond acceptors (Lipinski definition) is 1. The van der Waals surface area contributed by atoms with Crippen LogP contribution in [-0.2, 0) is 4.79 Å². The molecule has 2 nitrogen and oxygen atoms in total. The Balaban J connectivity index is -0.00000220. The molecule has 0 bridgehead atoms. The van der Waals surface area contributed by atoms with E-state index in [0.717, 1.165) is 0 Å².